The number of fused-ring (bicyclic) bond motifs is 1. The number of rotatable bonds is 3. The van der Waals surface area contributed by atoms with Crippen molar-refractivity contribution < 1.29 is 13.9 Å². The number of nitrogens with one attached hydrogen (secondary N) is 1. The van der Waals surface area contributed by atoms with Gasteiger partial charge < -0.3 is 10.1 Å². The molecule has 0 amide bonds. The summed E-state index contributed by atoms with van der Waals surface area (Å²) in [7, 11) is 1.48. The Bertz CT molecular complexity index is 669. The summed E-state index contributed by atoms with van der Waals surface area (Å²) in [6.45, 7) is 0.526. The molecule has 0 fully saturated rings. The molecule has 1 N–H and O–H groups in total. The van der Waals surface area contributed by atoms with E-state index >= 15 is 0 Å². The molecule has 1 aliphatic heterocycles. The van der Waals surface area contributed by atoms with Gasteiger partial charge in [-0.3, -0.25) is 4.79 Å². The van der Waals surface area contributed by atoms with Gasteiger partial charge in [0, 0.05) is 12.2 Å². The lowest BCUT2D eigenvalue weighted by molar-refractivity contribution is 0.0963. The van der Waals surface area contributed by atoms with E-state index in [4.69, 9.17) is 4.74 Å². The summed E-state index contributed by atoms with van der Waals surface area (Å²) < 4.78 is 18.6. The molecular weight excluding hydrogens is 257 g/mol. The molecular formula is C16H14FNO2. The molecule has 0 radical (unpaired) electrons. The van der Waals surface area contributed by atoms with Crippen LogP contribution in [-0.2, 0) is 0 Å². The summed E-state index contributed by atoms with van der Waals surface area (Å²) in [5, 5.41) is 3.20. The van der Waals surface area contributed by atoms with Crippen LogP contribution in [0.25, 0.3) is 0 Å². The predicted molar refractivity (Wildman–Crippen MR) is 75.0 cm³/mol. The average Bonchev–Trinajstić information content (AvgIpc) is 2.90. The molecule has 0 saturated heterocycles. The Kier molecular flexibility index (Phi) is 3.14. The minimum Gasteiger partial charge on any atom is -0.496 e. The summed E-state index contributed by atoms with van der Waals surface area (Å²) in [6, 6.07) is 11.7. The van der Waals surface area contributed by atoms with E-state index in [9.17, 15) is 9.18 Å². The van der Waals surface area contributed by atoms with Gasteiger partial charge in [-0.25, -0.2) is 4.39 Å². The minimum absolute atomic E-state index is 0.126. The number of methoxy groups -OCH3 is 1. The molecule has 0 aliphatic carbocycles. The first-order valence-corrected chi connectivity index (χ1v) is 6.41. The average molecular weight is 271 g/mol. The van der Waals surface area contributed by atoms with Gasteiger partial charge in [-0.1, -0.05) is 18.2 Å². The second kappa shape index (κ2) is 4.96. The predicted octanol–water partition coefficient (Wildman–Crippen LogP) is 3.23. The van der Waals surface area contributed by atoms with E-state index in [0.717, 1.165) is 11.3 Å². The number of carbonyl (C=O) groups excluding carboxylic acids is 1. The monoisotopic (exact) mass is 271 g/mol. The van der Waals surface area contributed by atoms with Gasteiger partial charge >= 0.3 is 0 Å². The van der Waals surface area contributed by atoms with Gasteiger partial charge in [0.15, 0.2) is 5.78 Å². The van der Waals surface area contributed by atoms with Crippen LogP contribution in [0, 0.1) is 5.82 Å². The molecule has 2 aromatic rings. The van der Waals surface area contributed by atoms with E-state index < -0.39 is 5.82 Å². The third-order valence-corrected chi connectivity index (χ3v) is 3.58. The van der Waals surface area contributed by atoms with Gasteiger partial charge in [-0.15, -0.1) is 0 Å². The zero-order valence-corrected chi connectivity index (χ0v) is 11.0. The van der Waals surface area contributed by atoms with Gasteiger partial charge in [-0.2, -0.15) is 0 Å². The van der Waals surface area contributed by atoms with Crippen molar-refractivity contribution in [1.29, 1.82) is 0 Å². The van der Waals surface area contributed by atoms with Crippen molar-refractivity contribution in [3.63, 3.8) is 0 Å². The summed E-state index contributed by atoms with van der Waals surface area (Å²) >= 11 is 0. The van der Waals surface area contributed by atoms with Gasteiger partial charge in [0.1, 0.15) is 11.6 Å². The molecule has 20 heavy (non-hydrogen) atoms. The Labute approximate surface area is 116 Å². The molecule has 102 valence electrons. The number of Topliss-reactive ketones (excluding diaryl/α,β-unsaturated/α-hetero) is 1. The Morgan fingerprint density at radius 1 is 1.30 bits per heavy atom. The Morgan fingerprint density at radius 2 is 2.10 bits per heavy atom. The number of carbonyl (C=O) groups is 1. The van der Waals surface area contributed by atoms with Crippen LogP contribution < -0.4 is 10.1 Å². The first-order valence-electron chi connectivity index (χ1n) is 6.41. The molecule has 1 heterocycles. The number of hydrogen-bond acceptors (Lipinski definition) is 3. The summed E-state index contributed by atoms with van der Waals surface area (Å²) in [4.78, 5) is 12.7. The Morgan fingerprint density at radius 3 is 2.90 bits per heavy atom. The highest BCUT2D eigenvalue weighted by atomic mass is 19.1. The maximum absolute atomic E-state index is 13.4. The van der Waals surface area contributed by atoms with Crippen LogP contribution in [0.2, 0.25) is 0 Å². The van der Waals surface area contributed by atoms with E-state index in [-0.39, 0.29) is 17.3 Å². The van der Waals surface area contributed by atoms with Crippen LogP contribution in [-0.4, -0.2) is 19.4 Å². The second-order valence-electron chi connectivity index (χ2n) is 4.73. The third kappa shape index (κ3) is 2.03. The van der Waals surface area contributed by atoms with Crippen molar-refractivity contribution in [2.45, 2.75) is 5.92 Å². The lowest BCUT2D eigenvalue weighted by Crippen LogP contribution is -2.16. The summed E-state index contributed by atoms with van der Waals surface area (Å²) in [6.07, 6.45) is 0. The van der Waals surface area contributed by atoms with Gasteiger partial charge in [-0.05, 0) is 29.8 Å². The first-order chi connectivity index (χ1) is 9.70. The van der Waals surface area contributed by atoms with Crippen molar-refractivity contribution >= 4 is 11.5 Å². The van der Waals surface area contributed by atoms with E-state index in [0.29, 0.717) is 12.3 Å². The smallest absolute Gasteiger partial charge is 0.175 e. The van der Waals surface area contributed by atoms with Crippen LogP contribution in [0.4, 0.5) is 10.1 Å². The number of benzene rings is 2. The first kappa shape index (κ1) is 12.7. The van der Waals surface area contributed by atoms with Gasteiger partial charge in [0.25, 0.3) is 0 Å². The lowest BCUT2D eigenvalue weighted by atomic mass is 9.92. The van der Waals surface area contributed by atoms with Crippen LogP contribution in [0.3, 0.4) is 0 Å². The third-order valence-electron chi connectivity index (χ3n) is 3.58. The maximum Gasteiger partial charge on any atom is 0.175 e. The lowest BCUT2D eigenvalue weighted by Gasteiger charge is -2.12. The van der Waals surface area contributed by atoms with E-state index in [2.05, 4.69) is 5.32 Å². The van der Waals surface area contributed by atoms with Crippen LogP contribution in [0.5, 0.6) is 5.75 Å². The molecule has 1 atom stereocenters. The standard InChI is InChI=1S/C16H14FNO2/c1-20-15-7-6-10(17)8-12(15)16(19)13-9-18-14-5-3-2-4-11(13)14/h2-8,13,18H,9H2,1H3. The fourth-order valence-corrected chi connectivity index (χ4v) is 2.58. The molecule has 4 heteroatoms. The number of anilines is 1. The van der Waals surface area contributed by atoms with Crippen molar-refractivity contribution in [3.05, 3.63) is 59.4 Å². The van der Waals surface area contributed by atoms with Crippen molar-refractivity contribution in [1.82, 2.24) is 0 Å². The van der Waals surface area contributed by atoms with Crippen molar-refractivity contribution in [2.75, 3.05) is 19.0 Å². The molecule has 1 unspecified atom stereocenters. The Hall–Kier alpha value is -2.36. The highest BCUT2D eigenvalue weighted by Crippen LogP contribution is 2.35. The number of ketones is 1. The number of halogens is 1. The zero-order chi connectivity index (χ0) is 14.1. The van der Waals surface area contributed by atoms with E-state index in [1.165, 1.54) is 25.3 Å². The molecule has 1 aliphatic rings. The van der Waals surface area contributed by atoms with Crippen LogP contribution in [0.15, 0.2) is 42.5 Å². The molecule has 0 aromatic heterocycles. The van der Waals surface area contributed by atoms with Gasteiger partial charge in [0.05, 0.1) is 18.6 Å². The second-order valence-corrected chi connectivity index (χ2v) is 4.73. The molecule has 3 nitrogen and oxygen atoms in total. The van der Waals surface area contributed by atoms with E-state index in [1.54, 1.807) is 0 Å². The normalized spacial score (nSPS) is 16.4. The van der Waals surface area contributed by atoms with Crippen LogP contribution >= 0.6 is 0 Å². The SMILES string of the molecule is COc1ccc(F)cc1C(=O)C1CNc2ccccc21. The zero-order valence-electron chi connectivity index (χ0n) is 11.0. The fourth-order valence-electron chi connectivity index (χ4n) is 2.58. The van der Waals surface area contributed by atoms with Crippen LogP contribution in [0.1, 0.15) is 21.8 Å². The summed E-state index contributed by atoms with van der Waals surface area (Å²) in [5.74, 6) is -0.463. The fraction of sp³-hybridized carbons (Fsp3) is 0.188. The number of ether oxygens (including phenoxy) is 1. The highest BCUT2D eigenvalue weighted by Gasteiger charge is 2.30. The topological polar surface area (TPSA) is 38.3 Å². The number of hydrogen-bond donors (Lipinski definition) is 1. The largest absolute Gasteiger partial charge is 0.496 e. The Balaban J connectivity index is 2.00. The summed E-state index contributed by atoms with van der Waals surface area (Å²) in [5.41, 5.74) is 2.20. The van der Waals surface area contributed by atoms with Crippen molar-refractivity contribution in [3.8, 4) is 5.75 Å². The molecule has 0 spiro atoms. The molecule has 3 rings (SSSR count). The quantitative estimate of drug-likeness (QED) is 0.871. The molecule has 2 aromatic carbocycles. The molecule has 0 saturated carbocycles. The number of para-hydroxylation sites is 1. The minimum atomic E-state index is -0.437. The highest BCUT2D eigenvalue weighted by molar-refractivity contribution is 6.05. The maximum atomic E-state index is 13.4. The molecule has 0 bridgehead atoms. The van der Waals surface area contributed by atoms with Crippen molar-refractivity contribution in [2.24, 2.45) is 0 Å². The van der Waals surface area contributed by atoms with Gasteiger partial charge in [0.2, 0.25) is 0 Å². The van der Waals surface area contributed by atoms with E-state index in [1.807, 2.05) is 24.3 Å².